The minimum atomic E-state index is -0.714. The number of carbonyl (C=O) groups excluding carboxylic acids is 3. The van der Waals surface area contributed by atoms with Gasteiger partial charge in [0.1, 0.15) is 11.5 Å². The fourth-order valence-corrected chi connectivity index (χ4v) is 2.48. The molecule has 0 saturated heterocycles. The van der Waals surface area contributed by atoms with Gasteiger partial charge >= 0.3 is 11.9 Å². The number of para-hydroxylation sites is 1. The summed E-state index contributed by atoms with van der Waals surface area (Å²) in [7, 11) is 3.04. The zero-order valence-corrected chi connectivity index (χ0v) is 17.0. The number of carbonyl (C=O) groups is 3. The molecule has 0 aliphatic carbocycles. The van der Waals surface area contributed by atoms with Gasteiger partial charge < -0.3 is 24.3 Å². The van der Waals surface area contributed by atoms with E-state index in [-0.39, 0.29) is 17.9 Å². The summed E-state index contributed by atoms with van der Waals surface area (Å²) >= 11 is 0. The summed E-state index contributed by atoms with van der Waals surface area (Å²) in [6.45, 7) is 1.38. The van der Waals surface area contributed by atoms with Crippen molar-refractivity contribution in [3.8, 4) is 11.5 Å². The predicted molar refractivity (Wildman–Crippen MR) is 111 cm³/mol. The number of methoxy groups -OCH3 is 2. The maximum atomic E-state index is 12.1. The summed E-state index contributed by atoms with van der Waals surface area (Å²) in [4.78, 5) is 36.0. The zero-order chi connectivity index (χ0) is 21.9. The van der Waals surface area contributed by atoms with Crippen molar-refractivity contribution in [3.05, 3.63) is 59.7 Å². The van der Waals surface area contributed by atoms with Crippen molar-refractivity contribution in [1.82, 2.24) is 0 Å². The lowest BCUT2D eigenvalue weighted by Gasteiger charge is -2.10. The third kappa shape index (κ3) is 6.37. The number of anilines is 1. The first-order valence-electron chi connectivity index (χ1n) is 9.11. The Balaban J connectivity index is 1.95. The quantitative estimate of drug-likeness (QED) is 0.498. The van der Waals surface area contributed by atoms with E-state index < -0.39 is 24.5 Å². The summed E-state index contributed by atoms with van der Waals surface area (Å²) in [5.41, 5.74) is 1.10. The Bertz CT molecular complexity index is 937. The van der Waals surface area contributed by atoms with Gasteiger partial charge in [0.15, 0.2) is 6.61 Å². The molecule has 0 aliphatic rings. The molecule has 2 aromatic carbocycles. The molecule has 0 aliphatic heterocycles. The van der Waals surface area contributed by atoms with E-state index in [1.165, 1.54) is 32.4 Å². The molecule has 1 N–H and O–H groups in total. The standard InChI is InChI=1S/C22H23NO7/c1-4-29-22(26)17-7-5-6-8-18(17)23-20(24)14-30-21(25)12-9-15-13-16(27-2)10-11-19(15)28-3/h5-13H,4,14H2,1-3H3,(H,23,24)/b12-9+. The number of benzene rings is 2. The molecule has 0 fully saturated rings. The first-order chi connectivity index (χ1) is 14.5. The molecule has 0 aromatic heterocycles. The second-order valence-electron chi connectivity index (χ2n) is 5.86. The molecule has 0 saturated carbocycles. The van der Waals surface area contributed by atoms with E-state index in [0.29, 0.717) is 17.1 Å². The SMILES string of the molecule is CCOC(=O)c1ccccc1NC(=O)COC(=O)/C=C/c1cc(OC)ccc1OC. The van der Waals surface area contributed by atoms with E-state index in [0.717, 1.165) is 0 Å². The number of nitrogens with one attached hydrogen (secondary N) is 1. The minimum Gasteiger partial charge on any atom is -0.497 e. The normalized spacial score (nSPS) is 10.4. The van der Waals surface area contributed by atoms with Crippen molar-refractivity contribution < 1.29 is 33.3 Å². The summed E-state index contributed by atoms with van der Waals surface area (Å²) in [6.07, 6.45) is 2.68. The Kier molecular flexibility index (Phi) is 8.43. The Morgan fingerprint density at radius 1 is 1.00 bits per heavy atom. The highest BCUT2D eigenvalue weighted by atomic mass is 16.5. The molecule has 0 atom stereocenters. The van der Waals surface area contributed by atoms with E-state index in [4.69, 9.17) is 18.9 Å². The number of esters is 2. The largest absolute Gasteiger partial charge is 0.497 e. The van der Waals surface area contributed by atoms with Crippen LogP contribution in [0.25, 0.3) is 6.08 Å². The van der Waals surface area contributed by atoms with Gasteiger partial charge in [-0.15, -0.1) is 0 Å². The van der Waals surface area contributed by atoms with Crippen LogP contribution < -0.4 is 14.8 Å². The van der Waals surface area contributed by atoms with Crippen LogP contribution in [0.3, 0.4) is 0 Å². The minimum absolute atomic E-state index is 0.211. The van der Waals surface area contributed by atoms with Crippen LogP contribution in [-0.2, 0) is 19.1 Å². The smallest absolute Gasteiger partial charge is 0.340 e. The van der Waals surface area contributed by atoms with Gasteiger partial charge in [0, 0.05) is 11.6 Å². The number of rotatable bonds is 9. The van der Waals surface area contributed by atoms with Crippen molar-refractivity contribution in [2.45, 2.75) is 6.92 Å². The zero-order valence-electron chi connectivity index (χ0n) is 17.0. The maximum absolute atomic E-state index is 12.1. The first-order valence-corrected chi connectivity index (χ1v) is 9.11. The molecule has 0 unspecified atom stereocenters. The van der Waals surface area contributed by atoms with E-state index in [1.54, 1.807) is 43.3 Å². The number of amides is 1. The molecule has 0 bridgehead atoms. The van der Waals surface area contributed by atoms with Crippen molar-refractivity contribution in [3.63, 3.8) is 0 Å². The fraction of sp³-hybridized carbons (Fsp3) is 0.227. The topological polar surface area (TPSA) is 100 Å². The molecule has 0 spiro atoms. The van der Waals surface area contributed by atoms with Gasteiger partial charge in [-0.2, -0.15) is 0 Å². The number of hydrogen-bond donors (Lipinski definition) is 1. The Labute approximate surface area is 174 Å². The van der Waals surface area contributed by atoms with Crippen LogP contribution in [0.4, 0.5) is 5.69 Å². The third-order valence-electron chi connectivity index (χ3n) is 3.88. The van der Waals surface area contributed by atoms with Crippen LogP contribution in [0.1, 0.15) is 22.8 Å². The number of hydrogen-bond acceptors (Lipinski definition) is 7. The van der Waals surface area contributed by atoms with Gasteiger partial charge in [0.05, 0.1) is 32.1 Å². The Morgan fingerprint density at radius 3 is 2.47 bits per heavy atom. The predicted octanol–water partition coefficient (Wildman–Crippen LogP) is 3.08. The summed E-state index contributed by atoms with van der Waals surface area (Å²) in [6, 6.07) is 11.5. The molecule has 2 aromatic rings. The second-order valence-corrected chi connectivity index (χ2v) is 5.86. The van der Waals surface area contributed by atoms with Crippen LogP contribution in [0, 0.1) is 0 Å². The van der Waals surface area contributed by atoms with Gasteiger partial charge in [-0.25, -0.2) is 9.59 Å². The van der Waals surface area contributed by atoms with Gasteiger partial charge in [0.2, 0.25) is 0 Å². The maximum Gasteiger partial charge on any atom is 0.340 e. The molecule has 158 valence electrons. The second kappa shape index (κ2) is 11.3. The molecule has 8 nitrogen and oxygen atoms in total. The molecular weight excluding hydrogens is 390 g/mol. The van der Waals surface area contributed by atoms with E-state index in [2.05, 4.69) is 5.32 Å². The lowest BCUT2D eigenvalue weighted by Crippen LogP contribution is -2.21. The van der Waals surface area contributed by atoms with Crippen LogP contribution in [-0.4, -0.2) is 45.3 Å². The monoisotopic (exact) mass is 413 g/mol. The molecule has 2 rings (SSSR count). The Morgan fingerprint density at radius 2 is 1.77 bits per heavy atom. The van der Waals surface area contributed by atoms with Crippen LogP contribution in [0.15, 0.2) is 48.5 Å². The fourth-order valence-electron chi connectivity index (χ4n) is 2.48. The molecular formula is C22H23NO7. The van der Waals surface area contributed by atoms with E-state index in [9.17, 15) is 14.4 Å². The highest BCUT2D eigenvalue weighted by Gasteiger charge is 2.14. The van der Waals surface area contributed by atoms with Gasteiger partial charge in [-0.1, -0.05) is 12.1 Å². The van der Waals surface area contributed by atoms with Crippen molar-refractivity contribution >= 4 is 29.6 Å². The van der Waals surface area contributed by atoms with Crippen LogP contribution in [0.5, 0.6) is 11.5 Å². The van der Waals surface area contributed by atoms with E-state index in [1.807, 2.05) is 0 Å². The van der Waals surface area contributed by atoms with Gasteiger partial charge in [-0.3, -0.25) is 4.79 Å². The van der Waals surface area contributed by atoms with E-state index >= 15 is 0 Å². The van der Waals surface area contributed by atoms with Crippen molar-refractivity contribution in [2.24, 2.45) is 0 Å². The first kappa shape index (κ1) is 22.5. The lowest BCUT2D eigenvalue weighted by atomic mass is 10.1. The van der Waals surface area contributed by atoms with Crippen molar-refractivity contribution in [1.29, 1.82) is 0 Å². The highest BCUT2D eigenvalue weighted by Crippen LogP contribution is 2.25. The third-order valence-corrected chi connectivity index (χ3v) is 3.88. The Hall–Kier alpha value is -3.81. The van der Waals surface area contributed by atoms with Gasteiger partial charge in [0.25, 0.3) is 5.91 Å². The highest BCUT2D eigenvalue weighted by molar-refractivity contribution is 6.02. The summed E-state index contributed by atoms with van der Waals surface area (Å²) in [5, 5.41) is 2.53. The van der Waals surface area contributed by atoms with Crippen LogP contribution in [0.2, 0.25) is 0 Å². The molecule has 0 radical (unpaired) electrons. The molecule has 8 heteroatoms. The number of ether oxygens (including phenoxy) is 4. The molecule has 1 amide bonds. The van der Waals surface area contributed by atoms with Gasteiger partial charge in [-0.05, 0) is 43.3 Å². The average Bonchev–Trinajstić information content (AvgIpc) is 2.76. The van der Waals surface area contributed by atoms with Crippen molar-refractivity contribution in [2.75, 3.05) is 32.8 Å². The van der Waals surface area contributed by atoms with Crippen LogP contribution >= 0.6 is 0 Å². The summed E-state index contributed by atoms with van der Waals surface area (Å²) < 4.78 is 20.3. The average molecular weight is 413 g/mol. The molecule has 0 heterocycles. The molecule has 30 heavy (non-hydrogen) atoms. The summed E-state index contributed by atoms with van der Waals surface area (Å²) in [5.74, 6) is -0.710. The lowest BCUT2D eigenvalue weighted by molar-refractivity contribution is -0.142.